The summed E-state index contributed by atoms with van der Waals surface area (Å²) >= 11 is 2.12. The average Bonchev–Trinajstić information content (AvgIpc) is 2.19. The van der Waals surface area contributed by atoms with E-state index in [0.717, 1.165) is 17.1 Å². The first-order valence-corrected chi connectivity index (χ1v) is 7.55. The maximum Gasteiger partial charge on any atom is 0.0201 e. The summed E-state index contributed by atoms with van der Waals surface area (Å²) in [5, 5.41) is 0.734. The van der Waals surface area contributed by atoms with Crippen molar-refractivity contribution in [3.8, 4) is 0 Å². The molecule has 1 saturated carbocycles. The Hall–Kier alpha value is 0.310. The lowest BCUT2D eigenvalue weighted by Crippen LogP contribution is -2.38. The predicted octanol–water partition coefficient (Wildman–Crippen LogP) is 3.67. The van der Waals surface area contributed by atoms with Gasteiger partial charge < -0.3 is 5.73 Å². The van der Waals surface area contributed by atoms with E-state index in [1.165, 1.54) is 37.9 Å². The van der Waals surface area contributed by atoms with Crippen molar-refractivity contribution < 1.29 is 0 Å². The van der Waals surface area contributed by atoms with E-state index in [1.54, 1.807) is 0 Å². The Morgan fingerprint density at radius 1 is 1.33 bits per heavy atom. The van der Waals surface area contributed by atoms with Gasteiger partial charge >= 0.3 is 0 Å². The molecule has 0 aliphatic heterocycles. The van der Waals surface area contributed by atoms with E-state index < -0.39 is 0 Å². The Bertz CT molecular complexity index is 170. The van der Waals surface area contributed by atoms with Crippen molar-refractivity contribution >= 4 is 11.8 Å². The molecule has 1 nitrogen and oxygen atoms in total. The summed E-state index contributed by atoms with van der Waals surface area (Å²) in [7, 11) is 0. The fraction of sp³-hybridized carbons (Fsp3) is 1.00. The molecule has 1 fully saturated rings. The normalized spacial score (nSPS) is 32.2. The molecule has 1 rings (SSSR count). The highest BCUT2D eigenvalue weighted by molar-refractivity contribution is 7.99. The number of rotatable bonds is 5. The minimum absolute atomic E-state index is 0.460. The zero-order valence-corrected chi connectivity index (χ0v) is 11.4. The van der Waals surface area contributed by atoms with Crippen LogP contribution in [0.3, 0.4) is 0 Å². The van der Waals surface area contributed by atoms with Crippen LogP contribution in [-0.4, -0.2) is 17.0 Å². The zero-order valence-electron chi connectivity index (χ0n) is 10.5. The third-order valence-corrected chi connectivity index (χ3v) is 5.12. The Morgan fingerprint density at radius 3 is 2.67 bits per heavy atom. The second-order valence-electron chi connectivity index (χ2n) is 5.40. The molecule has 3 unspecified atom stereocenters. The van der Waals surface area contributed by atoms with E-state index in [1.807, 2.05) is 0 Å². The van der Waals surface area contributed by atoms with Crippen LogP contribution in [0.2, 0.25) is 0 Å². The molecule has 1 aliphatic carbocycles. The maximum absolute atomic E-state index is 6.20. The van der Waals surface area contributed by atoms with Gasteiger partial charge in [0, 0.05) is 11.3 Å². The topological polar surface area (TPSA) is 26.0 Å². The van der Waals surface area contributed by atoms with Gasteiger partial charge in [-0.1, -0.05) is 33.6 Å². The molecule has 0 amide bonds. The quantitative estimate of drug-likeness (QED) is 0.778. The Labute approximate surface area is 99.6 Å². The summed E-state index contributed by atoms with van der Waals surface area (Å²) in [5.74, 6) is 3.03. The fourth-order valence-electron chi connectivity index (χ4n) is 2.41. The molecule has 0 aromatic carbocycles. The Morgan fingerprint density at radius 2 is 2.07 bits per heavy atom. The first-order chi connectivity index (χ1) is 7.13. The van der Waals surface area contributed by atoms with Crippen LogP contribution in [0.1, 0.15) is 52.9 Å². The van der Waals surface area contributed by atoms with Crippen LogP contribution in [0.4, 0.5) is 0 Å². The molecule has 0 bridgehead atoms. The molecule has 0 spiro atoms. The van der Waals surface area contributed by atoms with Crippen LogP contribution in [0.5, 0.6) is 0 Å². The largest absolute Gasteiger partial charge is 0.327 e. The summed E-state index contributed by atoms with van der Waals surface area (Å²) < 4.78 is 0. The van der Waals surface area contributed by atoms with Gasteiger partial charge in [-0.15, -0.1) is 0 Å². The van der Waals surface area contributed by atoms with Crippen LogP contribution in [0.25, 0.3) is 0 Å². The number of thioether (sulfide) groups is 1. The summed E-state index contributed by atoms with van der Waals surface area (Å²) in [4.78, 5) is 0. The van der Waals surface area contributed by atoms with Crippen molar-refractivity contribution in [2.24, 2.45) is 17.6 Å². The minimum atomic E-state index is 0.460. The van der Waals surface area contributed by atoms with Gasteiger partial charge in [-0.05, 0) is 36.9 Å². The number of hydrogen-bond donors (Lipinski definition) is 1. The average molecular weight is 229 g/mol. The maximum atomic E-state index is 6.20. The predicted molar refractivity (Wildman–Crippen MR) is 71.3 cm³/mol. The number of nitrogens with two attached hydrogens (primary N) is 1. The molecule has 15 heavy (non-hydrogen) atoms. The van der Waals surface area contributed by atoms with Crippen molar-refractivity contribution in [2.75, 3.05) is 5.75 Å². The molecule has 0 aromatic rings. The number of hydrogen-bond acceptors (Lipinski definition) is 2. The molecule has 0 aromatic heterocycles. The van der Waals surface area contributed by atoms with E-state index in [4.69, 9.17) is 5.73 Å². The molecule has 3 atom stereocenters. The Balaban J connectivity index is 2.32. The standard InChI is InChI=1S/C13H27NS/c1-4-5-11-6-7-12(14)13(8-11)15-9-10(2)3/h10-13H,4-9,14H2,1-3H3. The molecule has 0 saturated heterocycles. The zero-order chi connectivity index (χ0) is 11.3. The minimum Gasteiger partial charge on any atom is -0.327 e. The van der Waals surface area contributed by atoms with Crippen LogP contribution < -0.4 is 5.73 Å². The molecule has 2 N–H and O–H groups in total. The fourth-order valence-corrected chi connectivity index (χ4v) is 3.84. The van der Waals surface area contributed by atoms with Crippen molar-refractivity contribution in [2.45, 2.75) is 64.2 Å². The molecular formula is C13H27NS. The van der Waals surface area contributed by atoms with Gasteiger partial charge in [0.2, 0.25) is 0 Å². The van der Waals surface area contributed by atoms with Crippen molar-refractivity contribution in [1.29, 1.82) is 0 Å². The van der Waals surface area contributed by atoms with Crippen LogP contribution >= 0.6 is 11.8 Å². The van der Waals surface area contributed by atoms with Crippen LogP contribution in [0, 0.1) is 11.8 Å². The summed E-state index contributed by atoms with van der Waals surface area (Å²) in [6.45, 7) is 6.89. The van der Waals surface area contributed by atoms with Crippen molar-refractivity contribution in [3.63, 3.8) is 0 Å². The van der Waals surface area contributed by atoms with Gasteiger partial charge in [0.25, 0.3) is 0 Å². The molecule has 2 heteroatoms. The van der Waals surface area contributed by atoms with Gasteiger partial charge in [-0.25, -0.2) is 0 Å². The lowest BCUT2D eigenvalue weighted by atomic mass is 9.83. The second kappa shape index (κ2) is 6.80. The SMILES string of the molecule is CCCC1CCC(N)C(SCC(C)C)C1. The van der Waals surface area contributed by atoms with E-state index in [0.29, 0.717) is 6.04 Å². The third kappa shape index (κ3) is 4.78. The first kappa shape index (κ1) is 13.4. The van der Waals surface area contributed by atoms with Crippen molar-refractivity contribution in [3.05, 3.63) is 0 Å². The molecule has 0 radical (unpaired) electrons. The highest BCUT2D eigenvalue weighted by Gasteiger charge is 2.27. The van der Waals surface area contributed by atoms with E-state index in [9.17, 15) is 0 Å². The van der Waals surface area contributed by atoms with E-state index in [-0.39, 0.29) is 0 Å². The molecular weight excluding hydrogens is 202 g/mol. The monoisotopic (exact) mass is 229 g/mol. The summed E-state index contributed by atoms with van der Waals surface area (Å²) in [5.41, 5.74) is 6.20. The highest BCUT2D eigenvalue weighted by Crippen LogP contribution is 2.34. The smallest absolute Gasteiger partial charge is 0.0201 e. The van der Waals surface area contributed by atoms with E-state index >= 15 is 0 Å². The van der Waals surface area contributed by atoms with Gasteiger partial charge in [0.15, 0.2) is 0 Å². The molecule has 0 heterocycles. The molecule has 1 aliphatic rings. The van der Waals surface area contributed by atoms with Crippen LogP contribution in [0.15, 0.2) is 0 Å². The first-order valence-electron chi connectivity index (χ1n) is 6.50. The van der Waals surface area contributed by atoms with Gasteiger partial charge in [-0.3, -0.25) is 0 Å². The van der Waals surface area contributed by atoms with Gasteiger partial charge in [-0.2, -0.15) is 11.8 Å². The summed E-state index contributed by atoms with van der Waals surface area (Å²) in [6.07, 6.45) is 6.73. The summed E-state index contributed by atoms with van der Waals surface area (Å²) in [6, 6.07) is 0.460. The highest BCUT2D eigenvalue weighted by atomic mass is 32.2. The molecule has 90 valence electrons. The van der Waals surface area contributed by atoms with Gasteiger partial charge in [0.05, 0.1) is 0 Å². The van der Waals surface area contributed by atoms with Crippen LogP contribution in [-0.2, 0) is 0 Å². The van der Waals surface area contributed by atoms with Crippen molar-refractivity contribution in [1.82, 2.24) is 0 Å². The van der Waals surface area contributed by atoms with E-state index in [2.05, 4.69) is 32.5 Å². The lowest BCUT2D eigenvalue weighted by Gasteiger charge is -2.34. The Kier molecular flexibility index (Phi) is 6.06. The second-order valence-corrected chi connectivity index (χ2v) is 6.67. The third-order valence-electron chi connectivity index (χ3n) is 3.29. The lowest BCUT2D eigenvalue weighted by molar-refractivity contribution is 0.316. The van der Waals surface area contributed by atoms with Gasteiger partial charge in [0.1, 0.15) is 0 Å².